The van der Waals surface area contributed by atoms with E-state index in [0.29, 0.717) is 6.04 Å². The fourth-order valence-electron chi connectivity index (χ4n) is 1.67. The van der Waals surface area contributed by atoms with Crippen molar-refractivity contribution in [3.8, 4) is 0 Å². The lowest BCUT2D eigenvalue weighted by atomic mass is 10.1. The molecule has 0 spiro atoms. The molecule has 1 aromatic rings. The number of hydrogen-bond donors (Lipinski definition) is 0. The quantitative estimate of drug-likeness (QED) is 0.588. The smallest absolute Gasteiger partial charge is 0.162 e. The molecular formula is C7H13N5. The highest BCUT2D eigenvalue weighted by molar-refractivity contribution is 4.71. The molecule has 1 saturated heterocycles. The third-order valence-electron chi connectivity index (χ3n) is 2.29. The van der Waals surface area contributed by atoms with Crippen LogP contribution in [0.25, 0.3) is 0 Å². The third kappa shape index (κ3) is 1.45. The van der Waals surface area contributed by atoms with Crippen LogP contribution in [0.2, 0.25) is 0 Å². The maximum Gasteiger partial charge on any atom is 0.162 e. The highest BCUT2D eigenvalue weighted by atomic mass is 15.6. The van der Waals surface area contributed by atoms with Gasteiger partial charge in [-0.1, -0.05) is 0 Å². The van der Waals surface area contributed by atoms with E-state index < -0.39 is 0 Å². The molecule has 1 aliphatic heterocycles. The zero-order chi connectivity index (χ0) is 8.39. The first-order valence-electron chi connectivity index (χ1n) is 4.27. The predicted octanol–water partition coefficient (Wildman–Crippen LogP) is -0.0602. The van der Waals surface area contributed by atoms with Gasteiger partial charge < -0.3 is 4.90 Å². The minimum atomic E-state index is 0.422. The van der Waals surface area contributed by atoms with Crippen LogP contribution in [0.5, 0.6) is 0 Å². The molecule has 2 heterocycles. The summed E-state index contributed by atoms with van der Waals surface area (Å²) in [6.45, 7) is 2.22. The molecule has 5 heteroatoms. The molecule has 1 fully saturated rings. The molecule has 12 heavy (non-hydrogen) atoms. The second-order valence-electron chi connectivity index (χ2n) is 3.31. The molecular weight excluding hydrogens is 154 g/mol. The normalized spacial score (nSPS) is 25.9. The number of hydrogen-bond acceptors (Lipinski definition) is 4. The number of likely N-dealkylation sites (N-methyl/N-ethyl adjacent to an activating group) is 1. The Labute approximate surface area is 71.4 Å². The molecule has 1 unspecified atom stereocenters. The minimum absolute atomic E-state index is 0.422. The fourth-order valence-corrected chi connectivity index (χ4v) is 1.67. The first-order valence-corrected chi connectivity index (χ1v) is 4.27. The zero-order valence-electron chi connectivity index (χ0n) is 7.22. The van der Waals surface area contributed by atoms with Crippen LogP contribution in [-0.4, -0.2) is 45.2 Å². The van der Waals surface area contributed by atoms with E-state index in [1.807, 2.05) is 0 Å². The molecule has 66 valence electrons. The van der Waals surface area contributed by atoms with Gasteiger partial charge in [-0.25, -0.2) is 0 Å². The van der Waals surface area contributed by atoms with E-state index in [1.165, 1.54) is 25.7 Å². The van der Waals surface area contributed by atoms with E-state index in [1.54, 1.807) is 4.80 Å². The van der Waals surface area contributed by atoms with Gasteiger partial charge in [0.15, 0.2) is 6.33 Å². The predicted molar refractivity (Wildman–Crippen MR) is 43.6 cm³/mol. The van der Waals surface area contributed by atoms with Crippen LogP contribution in [0.4, 0.5) is 0 Å². The topological polar surface area (TPSA) is 46.8 Å². The van der Waals surface area contributed by atoms with E-state index in [-0.39, 0.29) is 0 Å². The Morgan fingerprint density at radius 2 is 2.42 bits per heavy atom. The molecule has 0 saturated carbocycles. The van der Waals surface area contributed by atoms with Crippen LogP contribution in [0.15, 0.2) is 6.33 Å². The summed E-state index contributed by atoms with van der Waals surface area (Å²) in [4.78, 5) is 4.02. The molecule has 2 rings (SSSR count). The Morgan fingerprint density at radius 3 is 3.08 bits per heavy atom. The van der Waals surface area contributed by atoms with E-state index in [4.69, 9.17) is 0 Å². The maximum atomic E-state index is 4.04. The molecule has 5 nitrogen and oxygen atoms in total. The van der Waals surface area contributed by atoms with E-state index in [0.717, 1.165) is 6.54 Å². The van der Waals surface area contributed by atoms with Gasteiger partial charge >= 0.3 is 0 Å². The van der Waals surface area contributed by atoms with Crippen molar-refractivity contribution in [2.45, 2.75) is 18.9 Å². The van der Waals surface area contributed by atoms with Crippen molar-refractivity contribution in [2.24, 2.45) is 0 Å². The zero-order valence-corrected chi connectivity index (χ0v) is 7.22. The molecule has 0 N–H and O–H groups in total. The average molecular weight is 167 g/mol. The molecule has 1 aliphatic rings. The summed E-state index contributed by atoms with van der Waals surface area (Å²) in [6, 6.07) is 0.422. The summed E-state index contributed by atoms with van der Waals surface area (Å²) in [6.07, 6.45) is 3.89. The van der Waals surface area contributed by atoms with Gasteiger partial charge in [-0.15, -0.1) is 10.2 Å². The summed E-state index contributed by atoms with van der Waals surface area (Å²) in [5, 5.41) is 11.7. The van der Waals surface area contributed by atoms with Gasteiger partial charge in [-0.2, -0.15) is 4.80 Å². The Kier molecular flexibility index (Phi) is 2.03. The van der Waals surface area contributed by atoms with Crippen molar-refractivity contribution >= 4 is 0 Å². The summed E-state index contributed by atoms with van der Waals surface area (Å²) in [5.41, 5.74) is 0. The van der Waals surface area contributed by atoms with Crippen LogP contribution in [0, 0.1) is 0 Å². The van der Waals surface area contributed by atoms with Gasteiger partial charge in [0.2, 0.25) is 0 Å². The monoisotopic (exact) mass is 167 g/mol. The van der Waals surface area contributed by atoms with Crippen LogP contribution in [0.1, 0.15) is 18.9 Å². The summed E-state index contributed by atoms with van der Waals surface area (Å²) in [7, 11) is 2.13. The number of likely N-dealkylation sites (tertiary alicyclic amines) is 1. The van der Waals surface area contributed by atoms with Gasteiger partial charge in [-0.3, -0.25) is 0 Å². The van der Waals surface area contributed by atoms with Crippen molar-refractivity contribution in [2.75, 3.05) is 20.1 Å². The number of nitrogens with zero attached hydrogens (tertiary/aromatic N) is 5. The number of tetrazole rings is 1. The highest BCUT2D eigenvalue weighted by Crippen LogP contribution is 2.17. The maximum absolute atomic E-state index is 4.04. The lowest BCUT2D eigenvalue weighted by Gasteiger charge is -2.28. The Hall–Kier alpha value is -0.970. The molecule has 1 aromatic heterocycles. The van der Waals surface area contributed by atoms with Gasteiger partial charge in [0.1, 0.15) is 0 Å². The van der Waals surface area contributed by atoms with Crippen molar-refractivity contribution in [1.82, 2.24) is 25.1 Å². The number of piperidine rings is 1. The van der Waals surface area contributed by atoms with Gasteiger partial charge in [-0.05, 0) is 31.6 Å². The number of aromatic nitrogens is 4. The van der Waals surface area contributed by atoms with Crippen LogP contribution in [-0.2, 0) is 0 Å². The molecule has 1 atom stereocenters. The second kappa shape index (κ2) is 3.18. The third-order valence-corrected chi connectivity index (χ3v) is 2.29. The Bertz CT molecular complexity index is 232. The molecule has 0 aromatic carbocycles. The molecule has 0 bridgehead atoms. The fraction of sp³-hybridized carbons (Fsp3) is 0.857. The summed E-state index contributed by atoms with van der Waals surface area (Å²) >= 11 is 0. The van der Waals surface area contributed by atoms with Gasteiger partial charge in [0, 0.05) is 6.54 Å². The minimum Gasteiger partial charge on any atom is -0.304 e. The molecule has 0 amide bonds. The summed E-state index contributed by atoms with van der Waals surface area (Å²) in [5.74, 6) is 0. The first kappa shape index (κ1) is 7.67. The standard InChI is InChI=1S/C7H13N5/c1-11-4-2-3-7(5-11)12-9-6-8-10-12/h6-7H,2-5H2,1H3. The molecule has 0 radical (unpaired) electrons. The Morgan fingerprint density at radius 1 is 1.50 bits per heavy atom. The molecule has 0 aliphatic carbocycles. The van der Waals surface area contributed by atoms with Crippen LogP contribution in [0.3, 0.4) is 0 Å². The van der Waals surface area contributed by atoms with Crippen molar-refractivity contribution < 1.29 is 0 Å². The van der Waals surface area contributed by atoms with Gasteiger partial charge in [0.05, 0.1) is 6.04 Å². The Balaban J connectivity index is 2.04. The van der Waals surface area contributed by atoms with Crippen molar-refractivity contribution in [3.05, 3.63) is 6.33 Å². The summed E-state index contributed by atoms with van der Waals surface area (Å²) < 4.78 is 0. The number of rotatable bonds is 1. The lowest BCUT2D eigenvalue weighted by Crippen LogP contribution is -2.34. The highest BCUT2D eigenvalue weighted by Gasteiger charge is 2.19. The average Bonchev–Trinajstić information content (AvgIpc) is 2.56. The SMILES string of the molecule is CN1CCCC(n2ncnn2)C1. The second-order valence-corrected chi connectivity index (χ2v) is 3.31. The van der Waals surface area contributed by atoms with Crippen LogP contribution >= 0.6 is 0 Å². The lowest BCUT2D eigenvalue weighted by molar-refractivity contribution is 0.189. The van der Waals surface area contributed by atoms with E-state index in [9.17, 15) is 0 Å². The van der Waals surface area contributed by atoms with Crippen LogP contribution < -0.4 is 0 Å². The largest absolute Gasteiger partial charge is 0.304 e. The van der Waals surface area contributed by atoms with Crippen molar-refractivity contribution in [3.63, 3.8) is 0 Å². The van der Waals surface area contributed by atoms with Gasteiger partial charge in [0.25, 0.3) is 0 Å². The van der Waals surface area contributed by atoms with E-state index >= 15 is 0 Å². The van der Waals surface area contributed by atoms with E-state index in [2.05, 4.69) is 27.4 Å². The first-order chi connectivity index (χ1) is 5.86. The van der Waals surface area contributed by atoms with Crippen molar-refractivity contribution in [1.29, 1.82) is 0 Å².